The van der Waals surface area contributed by atoms with Crippen molar-refractivity contribution in [2.45, 2.75) is 31.8 Å². The van der Waals surface area contributed by atoms with Crippen LogP contribution in [0.15, 0.2) is 95.8 Å². The number of likely N-dealkylation sites (tertiary alicyclic amines) is 1. The number of carbonyl (C=O) groups is 2. The van der Waals surface area contributed by atoms with E-state index >= 15 is 0 Å². The van der Waals surface area contributed by atoms with Crippen LogP contribution in [0.1, 0.15) is 35.2 Å². The average Bonchev–Trinajstić information content (AvgIpc) is 3.51. The SMILES string of the molecule is O=C(CCNC1CCN(Cc2ccc(C(=O)O)cc2)CC1)Nc1ccc(Oc2ccc(-c3ccoc3)cc2)cc1. The summed E-state index contributed by atoms with van der Waals surface area (Å²) in [6.07, 6.45) is 5.79. The van der Waals surface area contributed by atoms with Crippen molar-refractivity contribution in [3.05, 3.63) is 103 Å². The molecule has 40 heavy (non-hydrogen) atoms. The number of amides is 1. The molecule has 4 aromatic rings. The van der Waals surface area contributed by atoms with E-state index in [-0.39, 0.29) is 5.91 Å². The summed E-state index contributed by atoms with van der Waals surface area (Å²) >= 11 is 0. The maximum absolute atomic E-state index is 12.4. The molecule has 206 valence electrons. The van der Waals surface area contributed by atoms with Crippen molar-refractivity contribution in [1.82, 2.24) is 10.2 Å². The van der Waals surface area contributed by atoms with Crippen LogP contribution in [0.4, 0.5) is 5.69 Å². The van der Waals surface area contributed by atoms with Crippen molar-refractivity contribution < 1.29 is 23.8 Å². The topological polar surface area (TPSA) is 104 Å². The monoisotopic (exact) mass is 539 g/mol. The molecule has 0 saturated carbocycles. The van der Waals surface area contributed by atoms with Crippen LogP contribution in [0, 0.1) is 0 Å². The fraction of sp³-hybridized carbons (Fsp3) is 0.250. The van der Waals surface area contributed by atoms with Crippen LogP contribution in [0.3, 0.4) is 0 Å². The lowest BCUT2D eigenvalue weighted by Gasteiger charge is -2.32. The van der Waals surface area contributed by atoms with Crippen LogP contribution in [-0.2, 0) is 11.3 Å². The summed E-state index contributed by atoms with van der Waals surface area (Å²) < 4.78 is 11.1. The van der Waals surface area contributed by atoms with Gasteiger partial charge in [0.2, 0.25) is 5.91 Å². The highest BCUT2D eigenvalue weighted by atomic mass is 16.5. The van der Waals surface area contributed by atoms with E-state index in [1.165, 1.54) is 0 Å². The van der Waals surface area contributed by atoms with Gasteiger partial charge < -0.3 is 24.9 Å². The first-order chi connectivity index (χ1) is 19.5. The number of nitrogens with zero attached hydrogens (tertiary/aromatic N) is 1. The third-order valence-corrected chi connectivity index (χ3v) is 7.06. The number of hydrogen-bond acceptors (Lipinski definition) is 6. The van der Waals surface area contributed by atoms with Crippen molar-refractivity contribution in [2.24, 2.45) is 0 Å². The summed E-state index contributed by atoms with van der Waals surface area (Å²) in [5.74, 6) is 0.493. The molecular formula is C32H33N3O5. The number of hydrogen-bond donors (Lipinski definition) is 3. The minimum absolute atomic E-state index is 0.0294. The summed E-state index contributed by atoms with van der Waals surface area (Å²) in [5.41, 5.74) is 4.24. The van der Waals surface area contributed by atoms with Crippen LogP contribution in [0.2, 0.25) is 0 Å². The Morgan fingerprint density at radius 3 is 2.17 bits per heavy atom. The number of nitrogens with one attached hydrogen (secondary N) is 2. The fourth-order valence-corrected chi connectivity index (χ4v) is 4.81. The van der Waals surface area contributed by atoms with E-state index in [1.807, 2.05) is 66.7 Å². The van der Waals surface area contributed by atoms with Crippen LogP contribution >= 0.6 is 0 Å². The molecule has 1 fully saturated rings. The lowest BCUT2D eigenvalue weighted by molar-refractivity contribution is -0.116. The molecule has 1 amide bonds. The molecule has 0 atom stereocenters. The van der Waals surface area contributed by atoms with Gasteiger partial charge in [0.05, 0.1) is 18.1 Å². The van der Waals surface area contributed by atoms with Crippen molar-refractivity contribution in [3.63, 3.8) is 0 Å². The summed E-state index contributed by atoms with van der Waals surface area (Å²) in [6.45, 7) is 3.38. The number of carbonyl (C=O) groups excluding carboxylic acids is 1. The number of rotatable bonds is 11. The van der Waals surface area contributed by atoms with Crippen LogP contribution in [0.25, 0.3) is 11.1 Å². The fourth-order valence-electron chi connectivity index (χ4n) is 4.81. The number of ether oxygens (including phenoxy) is 1. The van der Waals surface area contributed by atoms with Gasteiger partial charge in [-0.2, -0.15) is 0 Å². The molecule has 0 radical (unpaired) electrons. The largest absolute Gasteiger partial charge is 0.478 e. The van der Waals surface area contributed by atoms with Gasteiger partial charge in [-0.25, -0.2) is 4.79 Å². The molecule has 0 spiro atoms. The minimum Gasteiger partial charge on any atom is -0.478 e. The predicted molar refractivity (Wildman–Crippen MR) is 154 cm³/mol. The van der Waals surface area contributed by atoms with E-state index in [0.717, 1.165) is 60.6 Å². The summed E-state index contributed by atoms with van der Waals surface area (Å²) in [7, 11) is 0. The van der Waals surface area contributed by atoms with Crippen LogP contribution in [0.5, 0.6) is 11.5 Å². The molecule has 3 N–H and O–H groups in total. The lowest BCUT2D eigenvalue weighted by Crippen LogP contribution is -2.42. The molecule has 1 saturated heterocycles. The molecule has 0 aliphatic carbocycles. The normalized spacial score (nSPS) is 14.1. The second-order valence-corrected chi connectivity index (χ2v) is 9.97. The number of furan rings is 1. The first-order valence-corrected chi connectivity index (χ1v) is 13.5. The maximum atomic E-state index is 12.4. The van der Waals surface area contributed by atoms with Gasteiger partial charge in [0.15, 0.2) is 0 Å². The molecule has 8 nitrogen and oxygen atoms in total. The Morgan fingerprint density at radius 1 is 0.875 bits per heavy atom. The van der Waals surface area contributed by atoms with Crippen molar-refractivity contribution >= 4 is 17.6 Å². The zero-order valence-corrected chi connectivity index (χ0v) is 22.2. The Labute approximate surface area is 233 Å². The van der Waals surface area contributed by atoms with Crippen LogP contribution in [-0.4, -0.2) is 47.6 Å². The third-order valence-electron chi connectivity index (χ3n) is 7.06. The zero-order valence-electron chi connectivity index (χ0n) is 22.2. The average molecular weight is 540 g/mol. The van der Waals surface area contributed by atoms with E-state index in [1.54, 1.807) is 24.7 Å². The minimum atomic E-state index is -0.903. The summed E-state index contributed by atoms with van der Waals surface area (Å²) in [4.78, 5) is 25.8. The van der Waals surface area contributed by atoms with Gasteiger partial charge >= 0.3 is 5.97 Å². The van der Waals surface area contributed by atoms with E-state index < -0.39 is 5.97 Å². The zero-order chi connectivity index (χ0) is 27.7. The van der Waals surface area contributed by atoms with E-state index in [2.05, 4.69) is 15.5 Å². The quantitative estimate of drug-likeness (QED) is 0.214. The first kappa shape index (κ1) is 27.2. The molecule has 3 aromatic carbocycles. The molecular weight excluding hydrogens is 506 g/mol. The predicted octanol–water partition coefficient (Wildman–Crippen LogP) is 6.02. The summed E-state index contributed by atoms with van der Waals surface area (Å²) in [6, 6.07) is 24.5. The Morgan fingerprint density at radius 2 is 1.55 bits per heavy atom. The van der Waals surface area contributed by atoms with E-state index in [0.29, 0.717) is 30.3 Å². The molecule has 0 unspecified atom stereocenters. The van der Waals surface area contributed by atoms with Crippen molar-refractivity contribution in [3.8, 4) is 22.6 Å². The third kappa shape index (κ3) is 7.59. The Kier molecular flexibility index (Phi) is 8.90. The van der Waals surface area contributed by atoms with Crippen LogP contribution < -0.4 is 15.4 Å². The lowest BCUT2D eigenvalue weighted by atomic mass is 10.0. The molecule has 1 aliphatic heterocycles. The van der Waals surface area contributed by atoms with Gasteiger partial charge in [-0.3, -0.25) is 9.69 Å². The second-order valence-electron chi connectivity index (χ2n) is 9.97. The van der Waals surface area contributed by atoms with Gasteiger partial charge in [-0.05, 0) is 91.7 Å². The molecule has 2 heterocycles. The number of carboxylic acids is 1. The maximum Gasteiger partial charge on any atom is 0.335 e. The van der Waals surface area contributed by atoms with Gasteiger partial charge in [-0.1, -0.05) is 24.3 Å². The highest BCUT2D eigenvalue weighted by Gasteiger charge is 2.19. The first-order valence-electron chi connectivity index (χ1n) is 13.5. The Bertz CT molecular complexity index is 1380. The molecule has 1 aromatic heterocycles. The second kappa shape index (κ2) is 13.1. The number of anilines is 1. The van der Waals surface area contributed by atoms with Crippen molar-refractivity contribution in [1.29, 1.82) is 0 Å². The van der Waals surface area contributed by atoms with Gasteiger partial charge in [0, 0.05) is 36.8 Å². The van der Waals surface area contributed by atoms with E-state index in [9.17, 15) is 9.59 Å². The number of benzene rings is 3. The smallest absolute Gasteiger partial charge is 0.335 e. The number of carboxylic acid groups (broad SMARTS) is 1. The Balaban J connectivity index is 0.984. The van der Waals surface area contributed by atoms with Gasteiger partial charge in [0.1, 0.15) is 11.5 Å². The molecule has 5 rings (SSSR count). The van der Waals surface area contributed by atoms with Gasteiger partial charge in [0.25, 0.3) is 0 Å². The standard InChI is InChI=1S/C32H33N3O5/c36-31(13-17-33-27-14-18-35(19-15-27)21-23-1-3-25(4-2-23)32(37)38)34-28-7-11-30(12-8-28)40-29-9-5-24(6-10-29)26-16-20-39-22-26/h1-12,16,20,22,27,33H,13-15,17-19,21H2,(H,34,36)(H,37,38). The molecule has 8 heteroatoms. The van der Waals surface area contributed by atoms with Crippen molar-refractivity contribution in [2.75, 3.05) is 25.0 Å². The highest BCUT2D eigenvalue weighted by Crippen LogP contribution is 2.27. The number of aromatic carboxylic acids is 1. The Hall–Kier alpha value is -4.40. The summed E-state index contributed by atoms with van der Waals surface area (Å²) in [5, 5.41) is 15.5. The van der Waals surface area contributed by atoms with Gasteiger partial charge in [-0.15, -0.1) is 0 Å². The molecule has 1 aliphatic rings. The number of piperidine rings is 1. The van der Waals surface area contributed by atoms with E-state index in [4.69, 9.17) is 14.3 Å². The highest BCUT2D eigenvalue weighted by molar-refractivity contribution is 5.90. The molecule has 0 bridgehead atoms.